The summed E-state index contributed by atoms with van der Waals surface area (Å²) in [6.07, 6.45) is -0.0914. The van der Waals surface area contributed by atoms with Crippen molar-refractivity contribution in [2.45, 2.75) is 12.5 Å². The number of nitrogens with two attached hydrogens (primary N) is 1. The van der Waals surface area contributed by atoms with Gasteiger partial charge in [0.25, 0.3) is 0 Å². The fraction of sp³-hybridized carbons (Fsp3) is 0.600. The Labute approximate surface area is 58.0 Å². The van der Waals surface area contributed by atoms with Gasteiger partial charge < -0.3 is 15.9 Å². The molecule has 5 N–H and O–H groups in total. The van der Waals surface area contributed by atoms with Gasteiger partial charge in [0.1, 0.15) is 5.71 Å². The molecule has 0 aliphatic rings. The van der Waals surface area contributed by atoms with Gasteiger partial charge in [-0.3, -0.25) is 5.41 Å². The molecule has 0 aromatic rings. The lowest BCUT2D eigenvalue weighted by molar-refractivity contribution is -0.129. The number of aliphatic carboxylic acids is 1. The Morgan fingerprint density at radius 1 is 1.70 bits per heavy atom. The number of aliphatic hydroxyl groups excluding tert-OH is 1. The number of rotatable bonds is 4. The van der Waals surface area contributed by atoms with Crippen LogP contribution in [0, 0.1) is 5.41 Å². The summed E-state index contributed by atoms with van der Waals surface area (Å²) in [5.41, 5.74) is 4.69. The Kier molecular flexibility index (Phi) is 3.60. The number of carboxylic acids is 1. The van der Waals surface area contributed by atoms with Crippen molar-refractivity contribution in [2.24, 2.45) is 5.73 Å². The summed E-state index contributed by atoms with van der Waals surface area (Å²) in [7, 11) is 0. The zero-order chi connectivity index (χ0) is 8.15. The molecule has 0 unspecified atom stereocenters. The summed E-state index contributed by atoms with van der Waals surface area (Å²) in [6, 6.07) is -0.636. The lowest BCUT2D eigenvalue weighted by Gasteiger charge is -2.04. The Morgan fingerprint density at radius 3 is 2.50 bits per heavy atom. The molecule has 0 saturated heterocycles. The summed E-state index contributed by atoms with van der Waals surface area (Å²) in [5.74, 6) is -1.29. The van der Waals surface area contributed by atoms with Gasteiger partial charge in [-0.2, -0.15) is 0 Å². The van der Waals surface area contributed by atoms with Gasteiger partial charge in [0.05, 0.1) is 6.61 Å². The van der Waals surface area contributed by atoms with E-state index in [1.807, 2.05) is 0 Å². The molecule has 1 atom stereocenters. The minimum Gasteiger partial charge on any atom is -0.477 e. The van der Waals surface area contributed by atoms with Crippen molar-refractivity contribution >= 4 is 11.7 Å². The van der Waals surface area contributed by atoms with Crippen LogP contribution in [0.3, 0.4) is 0 Å². The highest BCUT2D eigenvalue weighted by atomic mass is 16.4. The van der Waals surface area contributed by atoms with Crippen LogP contribution in [0.25, 0.3) is 0 Å². The maximum Gasteiger partial charge on any atom is 0.349 e. The summed E-state index contributed by atoms with van der Waals surface area (Å²) >= 11 is 0. The monoisotopic (exact) mass is 146 g/mol. The van der Waals surface area contributed by atoms with E-state index < -0.39 is 17.7 Å². The van der Waals surface area contributed by atoms with E-state index in [-0.39, 0.29) is 13.0 Å². The molecule has 0 aliphatic heterocycles. The van der Waals surface area contributed by atoms with Gasteiger partial charge in [-0.15, -0.1) is 0 Å². The molecule has 58 valence electrons. The van der Waals surface area contributed by atoms with Crippen LogP contribution in [0.5, 0.6) is 0 Å². The quantitative estimate of drug-likeness (QED) is 0.373. The van der Waals surface area contributed by atoms with E-state index in [1.54, 1.807) is 0 Å². The summed E-state index contributed by atoms with van der Waals surface area (Å²) < 4.78 is 0. The third-order valence-electron chi connectivity index (χ3n) is 0.959. The summed E-state index contributed by atoms with van der Waals surface area (Å²) in [6.45, 7) is -0.296. The van der Waals surface area contributed by atoms with E-state index >= 15 is 0 Å². The first kappa shape index (κ1) is 9.06. The van der Waals surface area contributed by atoms with Gasteiger partial charge in [-0.25, -0.2) is 4.79 Å². The standard InChI is InChI=1S/C5H10N2O3/c6-3(2-8)1-4(7)5(9)10/h3,7-8H,1-2,6H2,(H,9,10)/t3-/m0/s1. The number of carbonyl (C=O) groups is 1. The molecular formula is C5H10N2O3. The summed E-state index contributed by atoms with van der Waals surface area (Å²) in [5, 5.41) is 23.3. The highest BCUT2D eigenvalue weighted by Crippen LogP contribution is 1.88. The highest BCUT2D eigenvalue weighted by Gasteiger charge is 2.10. The second kappa shape index (κ2) is 3.97. The molecule has 0 saturated carbocycles. The Bertz CT molecular complexity index is 146. The Morgan fingerprint density at radius 2 is 2.20 bits per heavy atom. The van der Waals surface area contributed by atoms with Crippen LogP contribution in [-0.4, -0.2) is 34.5 Å². The van der Waals surface area contributed by atoms with Gasteiger partial charge in [0.15, 0.2) is 0 Å². The average Bonchev–Trinajstić information content (AvgIpc) is 1.87. The van der Waals surface area contributed by atoms with Crippen LogP contribution in [0.15, 0.2) is 0 Å². The van der Waals surface area contributed by atoms with E-state index in [9.17, 15) is 4.79 Å². The molecule has 0 aromatic heterocycles. The molecule has 0 spiro atoms. The van der Waals surface area contributed by atoms with Crippen LogP contribution in [-0.2, 0) is 4.79 Å². The Hall–Kier alpha value is -0.940. The molecular weight excluding hydrogens is 136 g/mol. The third-order valence-corrected chi connectivity index (χ3v) is 0.959. The van der Waals surface area contributed by atoms with Gasteiger partial charge in [0, 0.05) is 12.5 Å². The van der Waals surface area contributed by atoms with E-state index in [4.69, 9.17) is 21.4 Å². The molecule has 0 heterocycles. The topological polar surface area (TPSA) is 107 Å². The van der Waals surface area contributed by atoms with Crippen molar-refractivity contribution in [3.63, 3.8) is 0 Å². The molecule has 0 bridgehead atoms. The second-order valence-corrected chi connectivity index (χ2v) is 1.93. The van der Waals surface area contributed by atoms with Crippen LogP contribution < -0.4 is 5.73 Å². The van der Waals surface area contributed by atoms with Crippen molar-refractivity contribution < 1.29 is 15.0 Å². The maximum atomic E-state index is 9.99. The van der Waals surface area contributed by atoms with E-state index in [0.717, 1.165) is 0 Å². The second-order valence-electron chi connectivity index (χ2n) is 1.93. The summed E-state index contributed by atoms with van der Waals surface area (Å²) in [4.78, 5) is 9.99. The SMILES string of the molecule is N=C(C[C@H](N)CO)C(=O)O. The number of hydrogen-bond donors (Lipinski definition) is 4. The number of carboxylic acid groups (broad SMARTS) is 1. The van der Waals surface area contributed by atoms with Gasteiger partial charge >= 0.3 is 5.97 Å². The van der Waals surface area contributed by atoms with Crippen molar-refractivity contribution in [1.29, 1.82) is 5.41 Å². The largest absolute Gasteiger partial charge is 0.477 e. The molecule has 0 rings (SSSR count). The van der Waals surface area contributed by atoms with Crippen LogP contribution in [0.1, 0.15) is 6.42 Å². The molecule has 5 nitrogen and oxygen atoms in total. The smallest absolute Gasteiger partial charge is 0.349 e. The third kappa shape index (κ3) is 3.16. The van der Waals surface area contributed by atoms with Crippen molar-refractivity contribution in [3.8, 4) is 0 Å². The van der Waals surface area contributed by atoms with E-state index in [1.165, 1.54) is 0 Å². The average molecular weight is 146 g/mol. The number of hydrogen-bond acceptors (Lipinski definition) is 4. The number of aliphatic hydroxyl groups is 1. The molecule has 5 heteroatoms. The zero-order valence-corrected chi connectivity index (χ0v) is 5.37. The van der Waals surface area contributed by atoms with E-state index in [0.29, 0.717) is 0 Å². The zero-order valence-electron chi connectivity index (χ0n) is 5.37. The normalized spacial score (nSPS) is 12.6. The molecule has 0 fully saturated rings. The van der Waals surface area contributed by atoms with Crippen molar-refractivity contribution in [1.82, 2.24) is 0 Å². The van der Waals surface area contributed by atoms with Gasteiger partial charge in [-0.1, -0.05) is 0 Å². The first-order valence-corrected chi connectivity index (χ1v) is 2.75. The first-order chi connectivity index (χ1) is 4.57. The predicted octanol–water partition coefficient (Wildman–Crippen LogP) is -1.20. The van der Waals surface area contributed by atoms with Crippen molar-refractivity contribution in [2.75, 3.05) is 6.61 Å². The predicted molar refractivity (Wildman–Crippen MR) is 35.0 cm³/mol. The maximum absolute atomic E-state index is 9.99. The Balaban J connectivity index is 3.68. The molecule has 10 heavy (non-hydrogen) atoms. The molecule has 0 amide bonds. The van der Waals surface area contributed by atoms with E-state index in [2.05, 4.69) is 0 Å². The van der Waals surface area contributed by atoms with Crippen molar-refractivity contribution in [3.05, 3.63) is 0 Å². The van der Waals surface area contributed by atoms with Crippen LogP contribution in [0.4, 0.5) is 0 Å². The van der Waals surface area contributed by atoms with Gasteiger partial charge in [0.2, 0.25) is 0 Å². The fourth-order valence-electron chi connectivity index (χ4n) is 0.414. The highest BCUT2D eigenvalue weighted by molar-refractivity contribution is 6.34. The number of nitrogens with one attached hydrogen (secondary N) is 1. The van der Waals surface area contributed by atoms with Gasteiger partial charge in [-0.05, 0) is 0 Å². The fourth-order valence-corrected chi connectivity index (χ4v) is 0.414. The van der Waals surface area contributed by atoms with Crippen LogP contribution in [0.2, 0.25) is 0 Å². The lowest BCUT2D eigenvalue weighted by Crippen LogP contribution is -2.29. The molecule has 0 aliphatic carbocycles. The molecule has 0 radical (unpaired) electrons. The van der Waals surface area contributed by atoms with Crippen LogP contribution >= 0.6 is 0 Å². The first-order valence-electron chi connectivity index (χ1n) is 2.75. The minimum absolute atomic E-state index is 0.0914. The molecule has 0 aromatic carbocycles. The minimum atomic E-state index is -1.29. The lowest BCUT2D eigenvalue weighted by atomic mass is 10.1.